The fraction of sp³-hybridized carbons (Fsp3) is 0.789. The molecule has 0 atom stereocenters. The molecule has 1 aliphatic carbocycles. The average molecular weight is 380 g/mol. The molecule has 1 aromatic rings. The molecule has 146 valence electrons. The molecule has 1 saturated carbocycles. The van der Waals surface area contributed by atoms with Crippen LogP contribution in [0.25, 0.3) is 0 Å². The van der Waals surface area contributed by atoms with Gasteiger partial charge < -0.3 is 15.4 Å². The molecule has 3 rings (SSSR count). The quantitative estimate of drug-likeness (QED) is 0.608. The maximum atomic E-state index is 5.58. The molecule has 0 unspecified atom stereocenters. The van der Waals surface area contributed by atoms with Gasteiger partial charge in [-0.2, -0.15) is 0 Å². The van der Waals surface area contributed by atoms with Gasteiger partial charge in [0.15, 0.2) is 5.96 Å². The topological polar surface area (TPSA) is 61.8 Å². The second kappa shape index (κ2) is 9.15. The highest BCUT2D eigenvalue weighted by atomic mass is 32.1. The lowest BCUT2D eigenvalue weighted by Crippen LogP contribution is -2.60. The number of nitrogens with one attached hydrogen (secondary N) is 2. The van der Waals surface area contributed by atoms with Crippen LogP contribution in [0.5, 0.6) is 0 Å². The summed E-state index contributed by atoms with van der Waals surface area (Å²) in [5, 5.41) is 8.20. The lowest BCUT2D eigenvalue weighted by molar-refractivity contribution is -0.0352. The number of thiazole rings is 1. The number of aromatic nitrogens is 1. The number of guanidine groups is 1. The van der Waals surface area contributed by atoms with Crippen LogP contribution in [0.1, 0.15) is 47.7 Å². The third-order valence-electron chi connectivity index (χ3n) is 5.69. The van der Waals surface area contributed by atoms with Crippen molar-refractivity contribution in [1.82, 2.24) is 20.5 Å². The first-order valence-electron chi connectivity index (χ1n) is 9.83. The molecule has 0 spiro atoms. The van der Waals surface area contributed by atoms with E-state index in [9.17, 15) is 0 Å². The Morgan fingerprint density at radius 1 is 1.19 bits per heavy atom. The SMILES string of the molecule is CN=C(NCc1sc(C)nc1C)NCC1(N2CCOCC2)CCCCC1. The molecule has 1 aliphatic heterocycles. The van der Waals surface area contributed by atoms with E-state index in [-0.39, 0.29) is 5.54 Å². The van der Waals surface area contributed by atoms with E-state index in [4.69, 9.17) is 4.74 Å². The minimum atomic E-state index is 0.247. The lowest BCUT2D eigenvalue weighted by Gasteiger charge is -2.48. The molecule has 0 bridgehead atoms. The van der Waals surface area contributed by atoms with Gasteiger partial charge in [-0.3, -0.25) is 9.89 Å². The fourth-order valence-corrected chi connectivity index (χ4v) is 5.10. The molecule has 7 heteroatoms. The van der Waals surface area contributed by atoms with Crippen molar-refractivity contribution in [2.24, 2.45) is 4.99 Å². The molecule has 1 aromatic heterocycles. The molecule has 0 radical (unpaired) electrons. The minimum absolute atomic E-state index is 0.247. The van der Waals surface area contributed by atoms with E-state index >= 15 is 0 Å². The van der Waals surface area contributed by atoms with Crippen LogP contribution in [-0.2, 0) is 11.3 Å². The van der Waals surface area contributed by atoms with E-state index < -0.39 is 0 Å². The monoisotopic (exact) mass is 379 g/mol. The van der Waals surface area contributed by atoms with E-state index in [1.807, 2.05) is 7.05 Å². The zero-order chi connectivity index (χ0) is 18.4. The van der Waals surface area contributed by atoms with Gasteiger partial charge in [-0.05, 0) is 26.7 Å². The minimum Gasteiger partial charge on any atom is -0.379 e. The van der Waals surface area contributed by atoms with E-state index in [0.29, 0.717) is 0 Å². The highest BCUT2D eigenvalue weighted by molar-refractivity contribution is 7.11. The van der Waals surface area contributed by atoms with E-state index in [0.717, 1.165) is 56.1 Å². The van der Waals surface area contributed by atoms with Crippen LogP contribution in [0.3, 0.4) is 0 Å². The molecule has 2 fully saturated rings. The average Bonchev–Trinajstić information content (AvgIpc) is 3.00. The Bertz CT molecular complexity index is 603. The number of hydrogen-bond acceptors (Lipinski definition) is 5. The first-order valence-corrected chi connectivity index (χ1v) is 10.6. The summed E-state index contributed by atoms with van der Waals surface area (Å²) in [6.45, 7) is 9.68. The molecule has 2 heterocycles. The van der Waals surface area contributed by atoms with Gasteiger partial charge in [0.05, 0.1) is 30.5 Å². The maximum absolute atomic E-state index is 5.58. The lowest BCUT2D eigenvalue weighted by atomic mass is 9.80. The van der Waals surface area contributed by atoms with Gasteiger partial charge in [-0.1, -0.05) is 19.3 Å². The summed E-state index contributed by atoms with van der Waals surface area (Å²) >= 11 is 1.76. The third kappa shape index (κ3) is 4.75. The molecule has 26 heavy (non-hydrogen) atoms. The van der Waals surface area contributed by atoms with Gasteiger partial charge in [-0.25, -0.2) is 4.98 Å². The Hall–Kier alpha value is -1.18. The summed E-state index contributed by atoms with van der Waals surface area (Å²) in [5.74, 6) is 0.883. The second-order valence-corrected chi connectivity index (χ2v) is 8.69. The van der Waals surface area contributed by atoms with Crippen LogP contribution >= 0.6 is 11.3 Å². The highest BCUT2D eigenvalue weighted by Gasteiger charge is 2.38. The number of rotatable bonds is 5. The second-order valence-electron chi connectivity index (χ2n) is 7.41. The van der Waals surface area contributed by atoms with Gasteiger partial charge in [0.1, 0.15) is 0 Å². The van der Waals surface area contributed by atoms with E-state index in [1.54, 1.807) is 11.3 Å². The van der Waals surface area contributed by atoms with Crippen molar-refractivity contribution in [3.8, 4) is 0 Å². The predicted molar refractivity (Wildman–Crippen MR) is 108 cm³/mol. The zero-order valence-electron chi connectivity index (χ0n) is 16.4. The number of aliphatic imine (C=N–C) groups is 1. The van der Waals surface area contributed by atoms with Gasteiger partial charge in [0.25, 0.3) is 0 Å². The summed E-state index contributed by atoms with van der Waals surface area (Å²) in [6, 6.07) is 0. The number of morpholine rings is 1. The maximum Gasteiger partial charge on any atom is 0.191 e. The normalized spacial score (nSPS) is 21.6. The van der Waals surface area contributed by atoms with Gasteiger partial charge >= 0.3 is 0 Å². The standard InChI is InChI=1S/C19H33N5OS/c1-15-17(26-16(2)23-15)13-21-18(20-3)22-14-19(7-5-4-6-8-19)24-9-11-25-12-10-24/h4-14H2,1-3H3,(H2,20,21,22). The Balaban J connectivity index is 1.58. The van der Waals surface area contributed by atoms with Crippen molar-refractivity contribution in [2.45, 2.75) is 58.0 Å². The third-order valence-corrected chi connectivity index (χ3v) is 6.76. The van der Waals surface area contributed by atoms with Crippen molar-refractivity contribution in [1.29, 1.82) is 0 Å². The summed E-state index contributed by atoms with van der Waals surface area (Å²) in [7, 11) is 1.85. The summed E-state index contributed by atoms with van der Waals surface area (Å²) < 4.78 is 5.58. The first kappa shape index (κ1) is 19.6. The number of hydrogen-bond donors (Lipinski definition) is 2. The molecule has 0 aromatic carbocycles. The van der Waals surface area contributed by atoms with Crippen molar-refractivity contribution in [3.05, 3.63) is 15.6 Å². The molecule has 6 nitrogen and oxygen atoms in total. The summed E-state index contributed by atoms with van der Waals surface area (Å²) in [5.41, 5.74) is 1.36. The highest BCUT2D eigenvalue weighted by Crippen LogP contribution is 2.33. The molecule has 1 saturated heterocycles. The molecule has 2 aliphatic rings. The Morgan fingerprint density at radius 3 is 2.54 bits per heavy atom. The molecular weight excluding hydrogens is 346 g/mol. The van der Waals surface area contributed by atoms with Gasteiger partial charge in [0.2, 0.25) is 0 Å². The largest absolute Gasteiger partial charge is 0.379 e. The van der Waals surface area contributed by atoms with Crippen LogP contribution in [-0.4, -0.2) is 61.3 Å². The first-order chi connectivity index (χ1) is 12.6. The van der Waals surface area contributed by atoms with Gasteiger partial charge in [-0.15, -0.1) is 11.3 Å². The Morgan fingerprint density at radius 2 is 1.92 bits per heavy atom. The molecule has 0 amide bonds. The number of aryl methyl sites for hydroxylation is 2. The van der Waals surface area contributed by atoms with Crippen LogP contribution in [0.2, 0.25) is 0 Å². The Labute approximate surface area is 161 Å². The molecule has 2 N–H and O–H groups in total. The van der Waals surface area contributed by atoms with E-state index in [1.165, 1.54) is 37.0 Å². The predicted octanol–water partition coefficient (Wildman–Crippen LogP) is 2.46. The smallest absolute Gasteiger partial charge is 0.191 e. The van der Waals surface area contributed by atoms with Crippen LogP contribution in [0, 0.1) is 13.8 Å². The van der Waals surface area contributed by atoms with Gasteiger partial charge in [0, 0.05) is 37.1 Å². The van der Waals surface area contributed by atoms with Crippen molar-refractivity contribution in [2.75, 3.05) is 39.9 Å². The summed E-state index contributed by atoms with van der Waals surface area (Å²) in [4.78, 5) is 12.9. The zero-order valence-corrected chi connectivity index (χ0v) is 17.3. The fourth-order valence-electron chi connectivity index (χ4n) is 4.22. The van der Waals surface area contributed by atoms with Crippen molar-refractivity contribution >= 4 is 17.3 Å². The van der Waals surface area contributed by atoms with Crippen LogP contribution in [0.4, 0.5) is 0 Å². The Kier molecular flexibility index (Phi) is 6.89. The summed E-state index contributed by atoms with van der Waals surface area (Å²) in [6.07, 6.45) is 6.55. The van der Waals surface area contributed by atoms with Crippen molar-refractivity contribution in [3.63, 3.8) is 0 Å². The van der Waals surface area contributed by atoms with Crippen LogP contribution < -0.4 is 10.6 Å². The van der Waals surface area contributed by atoms with Crippen LogP contribution in [0.15, 0.2) is 4.99 Å². The van der Waals surface area contributed by atoms with Crippen molar-refractivity contribution < 1.29 is 4.74 Å². The number of ether oxygens (including phenoxy) is 1. The number of nitrogens with zero attached hydrogens (tertiary/aromatic N) is 3. The van der Waals surface area contributed by atoms with E-state index in [2.05, 4.69) is 39.4 Å². The molecular formula is C19H33N5OS.